The van der Waals surface area contributed by atoms with Gasteiger partial charge in [0.1, 0.15) is 11.5 Å². The number of aromatic nitrogens is 1. The smallest absolute Gasteiger partial charge is 0.145 e. The molecule has 176 valence electrons. The number of rotatable bonds is 2. The van der Waals surface area contributed by atoms with Crippen molar-refractivity contribution in [3.63, 3.8) is 0 Å². The highest BCUT2D eigenvalue weighted by atomic mass is 16.5. The molecule has 1 aromatic heterocycles. The van der Waals surface area contributed by atoms with E-state index in [9.17, 15) is 0 Å². The van der Waals surface area contributed by atoms with E-state index in [2.05, 4.69) is 102 Å². The lowest BCUT2D eigenvalue weighted by molar-refractivity contribution is 0.400. The largest absolute Gasteiger partial charge is 0.455 e. The second-order valence-corrected chi connectivity index (χ2v) is 12.5. The van der Waals surface area contributed by atoms with Gasteiger partial charge in [0.25, 0.3) is 0 Å². The molecule has 0 fully saturated rings. The second-order valence-electron chi connectivity index (χ2n) is 12.5. The Kier molecular flexibility index (Phi) is 4.77. The Balaban J connectivity index is 1.66. The summed E-state index contributed by atoms with van der Waals surface area (Å²) in [6.45, 7) is 13.8. The molecule has 2 heteroatoms. The number of hydrogen-bond donors (Lipinski definition) is 0. The number of fused-ring (bicyclic) bond motifs is 5. The van der Waals surface area contributed by atoms with Gasteiger partial charge in [-0.25, -0.2) is 0 Å². The van der Waals surface area contributed by atoms with Crippen LogP contribution in [0.5, 0.6) is 11.5 Å². The van der Waals surface area contributed by atoms with Crippen molar-refractivity contribution in [2.75, 3.05) is 0 Å². The number of hydrogen-bond acceptors (Lipinski definition) is 2. The molecule has 0 aliphatic carbocycles. The molecule has 2 heterocycles. The Bertz CT molecular complexity index is 1630. The third-order valence-corrected chi connectivity index (χ3v) is 6.89. The Morgan fingerprint density at radius 2 is 1.46 bits per heavy atom. The van der Waals surface area contributed by atoms with E-state index in [1.807, 2.05) is 6.20 Å². The molecule has 0 saturated heterocycles. The minimum Gasteiger partial charge on any atom is -0.455 e. The molecule has 35 heavy (non-hydrogen) atoms. The minimum atomic E-state index is 0.127. The molecule has 6 rings (SSSR count). The molecular formula is C33H33NO. The van der Waals surface area contributed by atoms with Gasteiger partial charge in [-0.3, -0.25) is 4.98 Å². The van der Waals surface area contributed by atoms with Gasteiger partial charge in [-0.2, -0.15) is 0 Å². The molecule has 0 amide bonds. The van der Waals surface area contributed by atoms with Crippen LogP contribution in [0.4, 0.5) is 0 Å². The highest BCUT2D eigenvalue weighted by molar-refractivity contribution is 6.13. The van der Waals surface area contributed by atoms with Gasteiger partial charge < -0.3 is 4.74 Å². The summed E-state index contributed by atoms with van der Waals surface area (Å²) in [5.74, 6) is 1.92. The van der Waals surface area contributed by atoms with Crippen molar-refractivity contribution in [1.29, 1.82) is 0 Å². The second kappa shape index (κ2) is 7.55. The maximum atomic E-state index is 6.95. The molecule has 1 aliphatic heterocycles. The first-order valence-corrected chi connectivity index (χ1v) is 12.6. The van der Waals surface area contributed by atoms with E-state index in [1.54, 1.807) is 0 Å². The molecule has 0 saturated carbocycles. The lowest BCUT2D eigenvalue weighted by Gasteiger charge is -2.28. The summed E-state index contributed by atoms with van der Waals surface area (Å²) in [4.78, 5) is 4.92. The third-order valence-electron chi connectivity index (χ3n) is 6.89. The molecule has 0 bridgehead atoms. The van der Waals surface area contributed by atoms with Crippen LogP contribution in [0.1, 0.15) is 52.7 Å². The maximum absolute atomic E-state index is 6.95. The summed E-state index contributed by atoms with van der Waals surface area (Å²) in [5, 5.41) is 7.20. The highest BCUT2D eigenvalue weighted by Gasteiger charge is 2.29. The quantitative estimate of drug-likeness (QED) is 0.241. The van der Waals surface area contributed by atoms with E-state index in [4.69, 9.17) is 9.72 Å². The van der Waals surface area contributed by atoms with Crippen LogP contribution < -0.4 is 4.74 Å². The predicted molar refractivity (Wildman–Crippen MR) is 149 cm³/mol. The van der Waals surface area contributed by atoms with Crippen molar-refractivity contribution in [3.05, 3.63) is 78.0 Å². The van der Waals surface area contributed by atoms with Crippen LogP contribution in [-0.2, 0) is 12.8 Å². The fraction of sp³-hybridized carbons (Fsp3) is 0.303. The Labute approximate surface area is 208 Å². The van der Waals surface area contributed by atoms with Crippen LogP contribution in [0.3, 0.4) is 0 Å². The zero-order valence-electron chi connectivity index (χ0n) is 21.6. The van der Waals surface area contributed by atoms with Gasteiger partial charge in [-0.05, 0) is 69.0 Å². The third kappa shape index (κ3) is 3.86. The Morgan fingerprint density at radius 1 is 0.686 bits per heavy atom. The van der Waals surface area contributed by atoms with Gasteiger partial charge >= 0.3 is 0 Å². The van der Waals surface area contributed by atoms with E-state index < -0.39 is 0 Å². The number of benzene rings is 4. The predicted octanol–water partition coefficient (Wildman–Crippen LogP) is 9.49. The van der Waals surface area contributed by atoms with Gasteiger partial charge in [0.15, 0.2) is 0 Å². The molecule has 5 aromatic rings. The van der Waals surface area contributed by atoms with Crippen LogP contribution in [0, 0.1) is 10.8 Å². The first kappa shape index (κ1) is 22.1. The van der Waals surface area contributed by atoms with E-state index in [-0.39, 0.29) is 10.8 Å². The minimum absolute atomic E-state index is 0.127. The fourth-order valence-electron chi connectivity index (χ4n) is 5.61. The van der Waals surface area contributed by atoms with Crippen LogP contribution in [-0.4, -0.2) is 4.98 Å². The average molecular weight is 460 g/mol. The van der Waals surface area contributed by atoms with Gasteiger partial charge in [-0.1, -0.05) is 84.0 Å². The van der Waals surface area contributed by atoms with Crippen molar-refractivity contribution in [1.82, 2.24) is 4.98 Å². The van der Waals surface area contributed by atoms with Crippen LogP contribution in [0.15, 0.2) is 66.9 Å². The monoisotopic (exact) mass is 459 g/mol. The lowest BCUT2D eigenvalue weighted by atomic mass is 9.83. The average Bonchev–Trinajstić information content (AvgIpc) is 2.77. The molecule has 2 nitrogen and oxygen atoms in total. The highest BCUT2D eigenvalue weighted by Crippen LogP contribution is 2.52. The SMILES string of the molecule is CC(C)(C)Cc1ccc2c3c4c(nccc4cc2c1)-c1cc2ccccc2c(CC(C)(C)C)c1O3. The zero-order valence-corrected chi connectivity index (χ0v) is 21.6. The van der Waals surface area contributed by atoms with Crippen LogP contribution in [0.25, 0.3) is 43.6 Å². The van der Waals surface area contributed by atoms with Crippen molar-refractivity contribution in [3.8, 4) is 22.8 Å². The lowest BCUT2D eigenvalue weighted by Crippen LogP contribution is -2.12. The Hall–Kier alpha value is -3.39. The summed E-state index contributed by atoms with van der Waals surface area (Å²) < 4.78 is 6.95. The number of nitrogens with zero attached hydrogens (tertiary/aromatic N) is 1. The van der Waals surface area contributed by atoms with Gasteiger partial charge in [-0.15, -0.1) is 0 Å². The zero-order chi connectivity index (χ0) is 24.5. The summed E-state index contributed by atoms with van der Waals surface area (Å²) >= 11 is 0. The van der Waals surface area contributed by atoms with E-state index in [0.29, 0.717) is 0 Å². The van der Waals surface area contributed by atoms with Crippen LogP contribution in [0.2, 0.25) is 0 Å². The van der Waals surface area contributed by atoms with Crippen molar-refractivity contribution >= 4 is 32.3 Å². The molecule has 1 aliphatic rings. The standard InChI is InChI=1S/C33H33NO/c1-32(2,3)18-20-11-12-25-23(15-20)16-22-13-14-34-29-26-17-21-9-7-8-10-24(21)27(19-33(4,5)6)30(26)35-31(25)28(22)29/h7-17H,18-19H2,1-6H3. The van der Waals surface area contributed by atoms with Gasteiger partial charge in [0.2, 0.25) is 0 Å². The first-order chi connectivity index (χ1) is 16.6. The fourth-order valence-corrected chi connectivity index (χ4v) is 5.61. The molecule has 0 unspecified atom stereocenters. The topological polar surface area (TPSA) is 22.1 Å². The van der Waals surface area contributed by atoms with Crippen molar-refractivity contribution < 1.29 is 4.74 Å². The van der Waals surface area contributed by atoms with E-state index >= 15 is 0 Å². The van der Waals surface area contributed by atoms with Gasteiger partial charge in [0, 0.05) is 22.7 Å². The Morgan fingerprint density at radius 3 is 2.23 bits per heavy atom. The molecular weight excluding hydrogens is 426 g/mol. The van der Waals surface area contributed by atoms with Crippen molar-refractivity contribution in [2.24, 2.45) is 10.8 Å². The molecule has 0 spiro atoms. The van der Waals surface area contributed by atoms with E-state index in [0.717, 1.165) is 46.4 Å². The number of pyridine rings is 1. The summed E-state index contributed by atoms with van der Waals surface area (Å²) in [6.07, 6.45) is 3.92. The van der Waals surface area contributed by atoms with Crippen molar-refractivity contribution in [2.45, 2.75) is 54.4 Å². The molecule has 0 radical (unpaired) electrons. The van der Waals surface area contributed by atoms with Gasteiger partial charge in [0.05, 0.1) is 11.1 Å². The summed E-state index contributed by atoms with van der Waals surface area (Å²) in [5.41, 5.74) is 5.14. The summed E-state index contributed by atoms with van der Waals surface area (Å²) in [7, 11) is 0. The van der Waals surface area contributed by atoms with Crippen LogP contribution >= 0.6 is 0 Å². The first-order valence-electron chi connectivity index (χ1n) is 12.6. The van der Waals surface area contributed by atoms with E-state index in [1.165, 1.54) is 32.7 Å². The molecule has 0 atom stereocenters. The number of ether oxygens (including phenoxy) is 1. The molecule has 4 aromatic carbocycles. The molecule has 0 N–H and O–H groups in total. The maximum Gasteiger partial charge on any atom is 0.145 e. The normalized spacial score (nSPS) is 13.3. The summed E-state index contributed by atoms with van der Waals surface area (Å²) in [6, 6.07) is 22.2.